The number of hydrogen-bond acceptors (Lipinski definition) is 3. The Morgan fingerprint density at radius 3 is 2.43 bits per heavy atom. The van der Waals surface area contributed by atoms with Crippen LogP contribution < -0.4 is 5.73 Å². The first-order valence-corrected chi connectivity index (χ1v) is 5.60. The summed E-state index contributed by atoms with van der Waals surface area (Å²) in [6.07, 6.45) is 2.27. The van der Waals surface area contributed by atoms with Gasteiger partial charge in [-0.25, -0.2) is 0 Å². The molecule has 0 aromatic heterocycles. The minimum Gasteiger partial charge on any atom is -0.383 e. The molecule has 0 aromatic carbocycles. The van der Waals surface area contributed by atoms with Gasteiger partial charge in [0.05, 0.1) is 6.61 Å². The summed E-state index contributed by atoms with van der Waals surface area (Å²) in [5.41, 5.74) is 6.01. The number of hydrogen-bond donors (Lipinski definition) is 1. The van der Waals surface area contributed by atoms with Crippen LogP contribution in [0, 0.1) is 0 Å². The van der Waals surface area contributed by atoms with Crippen LogP contribution in [0.5, 0.6) is 0 Å². The van der Waals surface area contributed by atoms with E-state index in [0.29, 0.717) is 12.1 Å². The molecule has 0 saturated carbocycles. The molecule has 2 N–H and O–H groups in total. The quantitative estimate of drug-likeness (QED) is 0.648. The maximum Gasteiger partial charge on any atom is 0.0589 e. The number of ether oxygens (including phenoxy) is 1. The van der Waals surface area contributed by atoms with Crippen molar-refractivity contribution in [3.05, 3.63) is 0 Å². The molecule has 0 radical (unpaired) electrons. The molecule has 3 nitrogen and oxygen atoms in total. The van der Waals surface area contributed by atoms with E-state index in [4.69, 9.17) is 10.5 Å². The molecule has 0 fully saturated rings. The van der Waals surface area contributed by atoms with E-state index < -0.39 is 0 Å². The van der Waals surface area contributed by atoms with Gasteiger partial charge in [0.1, 0.15) is 0 Å². The van der Waals surface area contributed by atoms with Gasteiger partial charge in [0.25, 0.3) is 0 Å². The van der Waals surface area contributed by atoms with E-state index in [0.717, 1.165) is 32.5 Å². The fourth-order valence-corrected chi connectivity index (χ4v) is 1.53. The number of nitrogens with zero attached hydrogens (tertiary/aromatic N) is 1. The monoisotopic (exact) mass is 202 g/mol. The molecule has 0 aliphatic heterocycles. The van der Waals surface area contributed by atoms with Gasteiger partial charge in [0, 0.05) is 32.3 Å². The molecule has 0 rings (SSSR count). The van der Waals surface area contributed by atoms with Crippen LogP contribution in [0.25, 0.3) is 0 Å². The second kappa shape index (κ2) is 8.21. The molecule has 0 aliphatic carbocycles. The van der Waals surface area contributed by atoms with Crippen molar-refractivity contribution in [2.75, 3.05) is 26.8 Å². The van der Waals surface area contributed by atoms with Gasteiger partial charge in [0.15, 0.2) is 0 Å². The van der Waals surface area contributed by atoms with Gasteiger partial charge in [-0.1, -0.05) is 13.3 Å². The van der Waals surface area contributed by atoms with Crippen LogP contribution in [0.2, 0.25) is 0 Å². The molecule has 0 spiro atoms. The lowest BCUT2D eigenvalue weighted by Gasteiger charge is -2.28. The van der Waals surface area contributed by atoms with Crippen molar-refractivity contribution in [1.29, 1.82) is 0 Å². The highest BCUT2D eigenvalue weighted by Crippen LogP contribution is 2.02. The van der Waals surface area contributed by atoms with Crippen LogP contribution in [0.3, 0.4) is 0 Å². The lowest BCUT2D eigenvalue weighted by molar-refractivity contribution is 0.124. The van der Waals surface area contributed by atoms with Crippen LogP contribution in [-0.2, 0) is 4.74 Å². The summed E-state index contributed by atoms with van der Waals surface area (Å²) in [5, 5.41) is 0. The number of methoxy groups -OCH3 is 1. The Kier molecular flexibility index (Phi) is 8.14. The van der Waals surface area contributed by atoms with Gasteiger partial charge in [-0.3, -0.25) is 4.90 Å². The molecule has 0 heterocycles. The zero-order valence-electron chi connectivity index (χ0n) is 10.1. The molecular formula is C11H26N2O. The summed E-state index contributed by atoms with van der Waals surface area (Å²) in [6, 6.07) is 0.854. The van der Waals surface area contributed by atoms with E-state index in [1.165, 1.54) is 0 Å². The fourth-order valence-electron chi connectivity index (χ4n) is 1.53. The molecule has 0 aliphatic rings. The minimum atomic E-state index is 0.305. The van der Waals surface area contributed by atoms with Gasteiger partial charge < -0.3 is 10.5 Å². The average molecular weight is 202 g/mol. The first-order chi connectivity index (χ1) is 6.61. The molecule has 0 aromatic rings. The maximum absolute atomic E-state index is 6.01. The Morgan fingerprint density at radius 1 is 1.36 bits per heavy atom. The third kappa shape index (κ3) is 6.35. The molecular weight excluding hydrogens is 176 g/mol. The van der Waals surface area contributed by atoms with Crippen molar-refractivity contribution in [2.24, 2.45) is 5.73 Å². The van der Waals surface area contributed by atoms with E-state index in [2.05, 4.69) is 25.7 Å². The molecule has 0 saturated heterocycles. The van der Waals surface area contributed by atoms with Crippen LogP contribution in [0.4, 0.5) is 0 Å². The minimum absolute atomic E-state index is 0.305. The van der Waals surface area contributed by atoms with Gasteiger partial charge >= 0.3 is 0 Å². The smallest absolute Gasteiger partial charge is 0.0589 e. The molecule has 1 unspecified atom stereocenters. The van der Waals surface area contributed by atoms with E-state index in [1.807, 2.05) is 0 Å². The molecule has 14 heavy (non-hydrogen) atoms. The first kappa shape index (κ1) is 13.9. The highest BCUT2D eigenvalue weighted by molar-refractivity contribution is 4.70. The van der Waals surface area contributed by atoms with Crippen molar-refractivity contribution >= 4 is 0 Å². The third-order valence-electron chi connectivity index (χ3n) is 2.44. The van der Waals surface area contributed by atoms with E-state index in [-0.39, 0.29) is 0 Å². The van der Waals surface area contributed by atoms with Crippen molar-refractivity contribution in [3.8, 4) is 0 Å². The van der Waals surface area contributed by atoms with E-state index in [9.17, 15) is 0 Å². The van der Waals surface area contributed by atoms with Gasteiger partial charge in [0.2, 0.25) is 0 Å². The standard InChI is InChI=1S/C11H26N2O/c1-5-6-11(12)9-13(10(2)3)7-8-14-4/h10-11H,5-9,12H2,1-4H3. The summed E-state index contributed by atoms with van der Waals surface area (Å²) in [4.78, 5) is 2.38. The van der Waals surface area contributed by atoms with Crippen LogP contribution >= 0.6 is 0 Å². The zero-order valence-corrected chi connectivity index (χ0v) is 10.1. The van der Waals surface area contributed by atoms with Gasteiger partial charge in [-0.15, -0.1) is 0 Å². The molecule has 86 valence electrons. The first-order valence-electron chi connectivity index (χ1n) is 5.60. The third-order valence-corrected chi connectivity index (χ3v) is 2.44. The highest BCUT2D eigenvalue weighted by Gasteiger charge is 2.12. The van der Waals surface area contributed by atoms with Crippen LogP contribution in [0.1, 0.15) is 33.6 Å². The predicted molar refractivity (Wildman–Crippen MR) is 61.5 cm³/mol. The summed E-state index contributed by atoms with van der Waals surface area (Å²) >= 11 is 0. The maximum atomic E-state index is 6.01. The number of nitrogens with two attached hydrogens (primary N) is 1. The largest absolute Gasteiger partial charge is 0.383 e. The Morgan fingerprint density at radius 2 is 2.00 bits per heavy atom. The summed E-state index contributed by atoms with van der Waals surface area (Å²) in [6.45, 7) is 9.33. The lowest BCUT2D eigenvalue weighted by atomic mass is 10.1. The molecule has 3 heteroatoms. The normalized spacial score (nSPS) is 13.9. The van der Waals surface area contributed by atoms with Crippen molar-refractivity contribution in [3.63, 3.8) is 0 Å². The Hall–Kier alpha value is -0.120. The van der Waals surface area contributed by atoms with Crippen LogP contribution in [-0.4, -0.2) is 43.8 Å². The van der Waals surface area contributed by atoms with Gasteiger partial charge in [-0.2, -0.15) is 0 Å². The van der Waals surface area contributed by atoms with Gasteiger partial charge in [-0.05, 0) is 20.3 Å². The molecule has 1 atom stereocenters. The second-order valence-corrected chi connectivity index (χ2v) is 4.13. The SMILES string of the molecule is CCCC(N)CN(CCOC)C(C)C. The summed E-state index contributed by atoms with van der Waals surface area (Å²) < 4.78 is 5.08. The molecule has 0 amide bonds. The van der Waals surface area contributed by atoms with Crippen LogP contribution in [0.15, 0.2) is 0 Å². The van der Waals surface area contributed by atoms with Crippen molar-refractivity contribution in [2.45, 2.75) is 45.7 Å². The number of rotatable bonds is 8. The molecule has 0 bridgehead atoms. The predicted octanol–water partition coefficient (Wildman–Crippen LogP) is 1.47. The van der Waals surface area contributed by atoms with E-state index >= 15 is 0 Å². The topological polar surface area (TPSA) is 38.5 Å². The summed E-state index contributed by atoms with van der Waals surface area (Å²) in [5.74, 6) is 0. The Labute approximate surface area is 88.6 Å². The lowest BCUT2D eigenvalue weighted by Crippen LogP contribution is -2.42. The zero-order chi connectivity index (χ0) is 11.0. The fraction of sp³-hybridized carbons (Fsp3) is 1.00. The van der Waals surface area contributed by atoms with E-state index in [1.54, 1.807) is 7.11 Å². The Bertz CT molecular complexity index is 128. The highest BCUT2D eigenvalue weighted by atomic mass is 16.5. The average Bonchev–Trinajstić information content (AvgIpc) is 2.12. The Balaban J connectivity index is 3.82. The summed E-state index contributed by atoms with van der Waals surface area (Å²) in [7, 11) is 1.74. The second-order valence-electron chi connectivity index (χ2n) is 4.13. The van der Waals surface area contributed by atoms with Crippen molar-refractivity contribution < 1.29 is 4.74 Å². The van der Waals surface area contributed by atoms with Crippen molar-refractivity contribution in [1.82, 2.24) is 4.90 Å².